The largest absolute Gasteiger partial charge is 0.368 e. The second kappa shape index (κ2) is 6.52. The summed E-state index contributed by atoms with van der Waals surface area (Å²) in [6, 6.07) is 0.169. The zero-order chi connectivity index (χ0) is 12.0. The highest BCUT2D eigenvalue weighted by Crippen LogP contribution is 2.13. The Balaban J connectivity index is 2.48. The molecule has 1 unspecified atom stereocenters. The predicted molar refractivity (Wildman–Crippen MR) is 67.1 cm³/mol. The van der Waals surface area contributed by atoms with Crippen molar-refractivity contribution in [1.29, 1.82) is 0 Å². The molecule has 1 aromatic rings. The Bertz CT molecular complexity index is 335. The molecule has 1 atom stereocenters. The fraction of sp³-hybridized carbons (Fsp3) is 0.600. The Morgan fingerprint density at radius 2 is 2.38 bits per heavy atom. The number of nitrogen functional groups attached to an aromatic ring is 1. The number of thioether (sulfide) groups is 1. The monoisotopic (exact) mass is 244 g/mol. The number of nitrogens with one attached hydrogen (secondary N) is 1. The summed E-state index contributed by atoms with van der Waals surface area (Å²) in [6.45, 7) is 4.11. The zero-order valence-corrected chi connectivity index (χ0v) is 10.4. The van der Waals surface area contributed by atoms with Crippen molar-refractivity contribution >= 4 is 23.5 Å². The average molecular weight is 244 g/mol. The van der Waals surface area contributed by atoms with Gasteiger partial charge >= 0.3 is 0 Å². The molecule has 16 heavy (non-hydrogen) atoms. The van der Waals surface area contributed by atoms with Crippen LogP contribution in [0.2, 0.25) is 0 Å². The average Bonchev–Trinajstić information content (AvgIpc) is 2.24. The van der Waals surface area contributed by atoms with E-state index in [0.29, 0.717) is 0 Å². The number of anilines is 2. The summed E-state index contributed by atoms with van der Waals surface area (Å²) in [5, 5.41) is 2.99. The van der Waals surface area contributed by atoms with Crippen molar-refractivity contribution in [3.8, 4) is 0 Å². The highest BCUT2D eigenvalue weighted by atomic mass is 32.2. The Morgan fingerprint density at radius 3 is 3.06 bits per heavy atom. The topological polar surface area (TPSA) is 63.8 Å². The Hall–Kier alpha value is -1.04. The summed E-state index contributed by atoms with van der Waals surface area (Å²) in [5.41, 5.74) is 5.39. The molecule has 0 fully saturated rings. The molecule has 0 saturated carbocycles. The van der Waals surface area contributed by atoms with E-state index in [4.69, 9.17) is 5.73 Å². The summed E-state index contributed by atoms with van der Waals surface area (Å²) in [6.07, 6.45) is 2.04. The lowest BCUT2D eigenvalue weighted by Crippen LogP contribution is -2.18. The SMILES string of the molecule is CCSCCC(C)Nc1nc(N)ncc1F. The third kappa shape index (κ3) is 4.22. The normalized spacial score (nSPS) is 12.4. The minimum atomic E-state index is -0.468. The minimum absolute atomic E-state index is 0.0824. The summed E-state index contributed by atoms with van der Waals surface area (Å²) < 4.78 is 13.3. The maximum atomic E-state index is 13.3. The van der Waals surface area contributed by atoms with E-state index in [0.717, 1.165) is 24.1 Å². The van der Waals surface area contributed by atoms with Gasteiger partial charge in [0, 0.05) is 6.04 Å². The van der Waals surface area contributed by atoms with Crippen LogP contribution < -0.4 is 11.1 Å². The van der Waals surface area contributed by atoms with E-state index in [2.05, 4.69) is 22.2 Å². The quantitative estimate of drug-likeness (QED) is 0.751. The molecule has 0 spiro atoms. The van der Waals surface area contributed by atoms with E-state index in [1.165, 1.54) is 0 Å². The molecule has 0 aliphatic rings. The van der Waals surface area contributed by atoms with E-state index in [1.807, 2.05) is 18.7 Å². The van der Waals surface area contributed by atoms with Crippen LogP contribution in [0.1, 0.15) is 20.3 Å². The van der Waals surface area contributed by atoms with Crippen LogP contribution in [0.3, 0.4) is 0 Å². The van der Waals surface area contributed by atoms with Crippen molar-refractivity contribution in [2.24, 2.45) is 0 Å². The number of hydrogen-bond donors (Lipinski definition) is 2. The van der Waals surface area contributed by atoms with Crippen LogP contribution in [0.15, 0.2) is 6.20 Å². The van der Waals surface area contributed by atoms with Crippen LogP contribution in [0.5, 0.6) is 0 Å². The number of hydrogen-bond acceptors (Lipinski definition) is 5. The molecule has 3 N–H and O–H groups in total. The van der Waals surface area contributed by atoms with Crippen LogP contribution in [0, 0.1) is 5.82 Å². The first-order valence-corrected chi connectivity index (χ1v) is 6.41. The number of nitrogens with zero attached hydrogens (tertiary/aromatic N) is 2. The van der Waals surface area contributed by atoms with E-state index < -0.39 is 5.82 Å². The molecule has 0 amide bonds. The van der Waals surface area contributed by atoms with Crippen LogP contribution in [0.4, 0.5) is 16.2 Å². The summed E-state index contributed by atoms with van der Waals surface area (Å²) in [4.78, 5) is 7.38. The lowest BCUT2D eigenvalue weighted by Gasteiger charge is -2.14. The number of nitrogens with two attached hydrogens (primary N) is 1. The van der Waals surface area contributed by atoms with Gasteiger partial charge in [-0.2, -0.15) is 16.7 Å². The van der Waals surface area contributed by atoms with Gasteiger partial charge in [0.1, 0.15) is 0 Å². The third-order valence-electron chi connectivity index (χ3n) is 2.05. The maximum Gasteiger partial charge on any atom is 0.222 e. The highest BCUT2D eigenvalue weighted by molar-refractivity contribution is 7.99. The molecule has 6 heteroatoms. The lowest BCUT2D eigenvalue weighted by molar-refractivity contribution is 0.612. The summed E-state index contributed by atoms with van der Waals surface area (Å²) in [7, 11) is 0. The smallest absolute Gasteiger partial charge is 0.222 e. The Kier molecular flexibility index (Phi) is 5.31. The second-order valence-corrected chi connectivity index (χ2v) is 4.85. The minimum Gasteiger partial charge on any atom is -0.368 e. The van der Waals surface area contributed by atoms with Crippen LogP contribution in [0.25, 0.3) is 0 Å². The van der Waals surface area contributed by atoms with Gasteiger partial charge in [0.15, 0.2) is 11.6 Å². The van der Waals surface area contributed by atoms with Gasteiger partial charge < -0.3 is 11.1 Å². The molecule has 0 saturated heterocycles. The van der Waals surface area contributed by atoms with E-state index in [9.17, 15) is 4.39 Å². The summed E-state index contributed by atoms with van der Waals surface area (Å²) >= 11 is 1.86. The molecule has 90 valence electrons. The van der Waals surface area contributed by atoms with Gasteiger partial charge in [0.2, 0.25) is 5.95 Å². The number of aromatic nitrogens is 2. The van der Waals surface area contributed by atoms with Crippen LogP contribution in [-0.2, 0) is 0 Å². The molecule has 0 bridgehead atoms. The lowest BCUT2D eigenvalue weighted by atomic mass is 10.2. The standard InChI is InChI=1S/C10H17FN4S/c1-3-16-5-4-7(2)14-9-8(11)6-13-10(12)15-9/h6-7H,3-5H2,1-2H3,(H3,12,13,14,15). The zero-order valence-electron chi connectivity index (χ0n) is 9.53. The fourth-order valence-corrected chi connectivity index (χ4v) is 2.00. The van der Waals surface area contributed by atoms with Crippen molar-refractivity contribution < 1.29 is 4.39 Å². The molecular formula is C10H17FN4S. The number of rotatable bonds is 6. The van der Waals surface area contributed by atoms with Gasteiger partial charge in [-0.05, 0) is 24.9 Å². The van der Waals surface area contributed by atoms with Crippen LogP contribution >= 0.6 is 11.8 Å². The van der Waals surface area contributed by atoms with Gasteiger partial charge in [0.05, 0.1) is 6.20 Å². The van der Waals surface area contributed by atoms with Gasteiger partial charge in [-0.3, -0.25) is 0 Å². The molecular weight excluding hydrogens is 227 g/mol. The molecule has 1 heterocycles. The molecule has 0 aliphatic heterocycles. The molecule has 4 nitrogen and oxygen atoms in total. The maximum absolute atomic E-state index is 13.3. The fourth-order valence-electron chi connectivity index (χ4n) is 1.19. The molecule has 1 rings (SSSR count). The first-order chi connectivity index (χ1) is 7.63. The third-order valence-corrected chi connectivity index (χ3v) is 2.98. The highest BCUT2D eigenvalue weighted by Gasteiger charge is 2.08. The first kappa shape index (κ1) is 13.0. The van der Waals surface area contributed by atoms with Crippen molar-refractivity contribution in [2.75, 3.05) is 22.6 Å². The van der Waals surface area contributed by atoms with E-state index in [1.54, 1.807) is 0 Å². The first-order valence-electron chi connectivity index (χ1n) is 5.25. The van der Waals surface area contributed by atoms with Crippen molar-refractivity contribution in [3.63, 3.8) is 0 Å². The Morgan fingerprint density at radius 1 is 1.62 bits per heavy atom. The molecule has 1 aromatic heterocycles. The number of halogens is 1. The second-order valence-electron chi connectivity index (χ2n) is 3.46. The Labute approximate surface area is 99.2 Å². The molecule has 0 aromatic carbocycles. The van der Waals surface area contributed by atoms with Gasteiger partial charge in [-0.15, -0.1) is 0 Å². The van der Waals surface area contributed by atoms with E-state index in [-0.39, 0.29) is 17.8 Å². The summed E-state index contributed by atoms with van der Waals surface area (Å²) in [5.74, 6) is 1.94. The van der Waals surface area contributed by atoms with Gasteiger partial charge in [-0.1, -0.05) is 6.92 Å². The molecule has 0 radical (unpaired) electrons. The predicted octanol–water partition coefficient (Wildman–Crippen LogP) is 2.14. The van der Waals surface area contributed by atoms with Crippen molar-refractivity contribution in [3.05, 3.63) is 12.0 Å². The van der Waals surface area contributed by atoms with Gasteiger partial charge in [-0.25, -0.2) is 9.37 Å². The van der Waals surface area contributed by atoms with Gasteiger partial charge in [0.25, 0.3) is 0 Å². The van der Waals surface area contributed by atoms with E-state index >= 15 is 0 Å². The molecule has 0 aliphatic carbocycles. The van der Waals surface area contributed by atoms with Crippen LogP contribution in [-0.4, -0.2) is 27.5 Å². The van der Waals surface area contributed by atoms with Crippen molar-refractivity contribution in [1.82, 2.24) is 9.97 Å². The van der Waals surface area contributed by atoms with Crippen molar-refractivity contribution in [2.45, 2.75) is 26.3 Å².